The first-order chi connectivity index (χ1) is 14.0. The highest BCUT2D eigenvalue weighted by Crippen LogP contribution is 2.30. The first-order valence-corrected chi connectivity index (χ1v) is 11.1. The number of rotatable bonds is 5. The van der Waals surface area contributed by atoms with E-state index >= 15 is 0 Å². The molecule has 0 unspecified atom stereocenters. The molecule has 0 spiro atoms. The van der Waals surface area contributed by atoms with Crippen molar-refractivity contribution >= 4 is 5.69 Å². The van der Waals surface area contributed by atoms with Crippen molar-refractivity contribution in [2.75, 3.05) is 45.2 Å². The standard InChI is InChI=1S/C23H36N6/c1-18-5-7-20(8-6-18)29-15-11-21(12-16-29)28-13-9-19(10-14-28)23-25-24-22(27(23)4)17-26(2)3/h5-8,19,21H,9-17H2,1-4H3. The summed E-state index contributed by atoms with van der Waals surface area (Å²) in [5.74, 6) is 2.79. The molecule has 0 N–H and O–H groups in total. The van der Waals surface area contributed by atoms with Crippen molar-refractivity contribution in [2.24, 2.45) is 7.05 Å². The van der Waals surface area contributed by atoms with E-state index in [2.05, 4.69) is 81.8 Å². The topological polar surface area (TPSA) is 40.4 Å². The smallest absolute Gasteiger partial charge is 0.146 e. The number of aryl methyl sites for hydroxylation is 1. The molecule has 6 heteroatoms. The number of benzene rings is 1. The molecule has 2 saturated heterocycles. The van der Waals surface area contributed by atoms with Crippen molar-refractivity contribution in [1.82, 2.24) is 24.6 Å². The predicted molar refractivity (Wildman–Crippen MR) is 118 cm³/mol. The number of piperidine rings is 2. The van der Waals surface area contributed by atoms with Gasteiger partial charge in [-0.1, -0.05) is 17.7 Å². The Morgan fingerprint density at radius 1 is 0.931 bits per heavy atom. The van der Waals surface area contributed by atoms with Crippen molar-refractivity contribution in [1.29, 1.82) is 0 Å². The Bertz CT molecular complexity index is 780. The third-order valence-electron chi connectivity index (χ3n) is 6.73. The summed E-state index contributed by atoms with van der Waals surface area (Å²) in [6, 6.07) is 9.73. The van der Waals surface area contributed by atoms with Gasteiger partial charge in [0.2, 0.25) is 0 Å². The second-order valence-corrected chi connectivity index (χ2v) is 9.14. The van der Waals surface area contributed by atoms with Gasteiger partial charge in [0.25, 0.3) is 0 Å². The minimum Gasteiger partial charge on any atom is -0.371 e. The number of hydrogen-bond donors (Lipinski definition) is 0. The second-order valence-electron chi connectivity index (χ2n) is 9.14. The van der Waals surface area contributed by atoms with Crippen molar-refractivity contribution < 1.29 is 0 Å². The van der Waals surface area contributed by atoms with Crippen LogP contribution in [0, 0.1) is 6.92 Å². The third-order valence-corrected chi connectivity index (χ3v) is 6.73. The van der Waals surface area contributed by atoms with Crippen LogP contribution in [0.2, 0.25) is 0 Å². The summed E-state index contributed by atoms with van der Waals surface area (Å²) < 4.78 is 2.22. The van der Waals surface area contributed by atoms with Gasteiger partial charge in [-0.15, -0.1) is 10.2 Å². The van der Waals surface area contributed by atoms with E-state index in [1.807, 2.05) is 0 Å². The van der Waals surface area contributed by atoms with Gasteiger partial charge in [0.15, 0.2) is 0 Å². The minimum absolute atomic E-state index is 0.548. The number of hydrogen-bond acceptors (Lipinski definition) is 5. The second kappa shape index (κ2) is 8.84. The lowest BCUT2D eigenvalue weighted by molar-refractivity contribution is 0.129. The van der Waals surface area contributed by atoms with Crippen molar-refractivity contribution in [3.63, 3.8) is 0 Å². The average molecular weight is 397 g/mol. The third kappa shape index (κ3) is 4.64. The molecular formula is C23H36N6. The zero-order valence-corrected chi connectivity index (χ0v) is 18.5. The summed E-state index contributed by atoms with van der Waals surface area (Å²) in [7, 11) is 6.29. The van der Waals surface area contributed by atoms with Gasteiger partial charge in [0, 0.05) is 37.8 Å². The van der Waals surface area contributed by atoms with Gasteiger partial charge < -0.3 is 19.3 Å². The van der Waals surface area contributed by atoms with Gasteiger partial charge in [-0.3, -0.25) is 0 Å². The van der Waals surface area contributed by atoms with E-state index < -0.39 is 0 Å². The molecule has 4 rings (SSSR count). The maximum atomic E-state index is 4.54. The Morgan fingerprint density at radius 2 is 1.59 bits per heavy atom. The van der Waals surface area contributed by atoms with Crippen LogP contribution in [0.5, 0.6) is 0 Å². The molecule has 0 aliphatic carbocycles. The molecule has 2 aromatic rings. The van der Waals surface area contributed by atoms with E-state index in [1.165, 1.54) is 68.9 Å². The fraction of sp³-hybridized carbons (Fsp3) is 0.652. The fourth-order valence-electron chi connectivity index (χ4n) is 4.92. The highest BCUT2D eigenvalue weighted by atomic mass is 15.3. The monoisotopic (exact) mass is 396 g/mol. The van der Waals surface area contributed by atoms with Crippen LogP contribution in [0.3, 0.4) is 0 Å². The van der Waals surface area contributed by atoms with Crippen LogP contribution in [0.15, 0.2) is 24.3 Å². The first kappa shape index (κ1) is 20.4. The summed E-state index contributed by atoms with van der Waals surface area (Å²) in [4.78, 5) is 7.44. The molecule has 2 fully saturated rings. The molecular weight excluding hydrogens is 360 g/mol. The lowest BCUT2D eigenvalue weighted by Gasteiger charge is -2.42. The lowest BCUT2D eigenvalue weighted by Crippen LogP contribution is -2.47. The SMILES string of the molecule is Cc1ccc(N2CCC(N3CCC(c4nnc(CN(C)C)n4C)CC3)CC2)cc1. The summed E-state index contributed by atoms with van der Waals surface area (Å²) in [5, 5.41) is 8.98. The maximum absolute atomic E-state index is 4.54. The zero-order chi connectivity index (χ0) is 20.4. The van der Waals surface area contributed by atoms with Crippen LogP contribution in [-0.4, -0.2) is 70.9 Å². The van der Waals surface area contributed by atoms with Crippen LogP contribution < -0.4 is 4.90 Å². The molecule has 2 aliphatic heterocycles. The van der Waals surface area contributed by atoms with E-state index in [-0.39, 0.29) is 0 Å². The van der Waals surface area contributed by atoms with Crippen LogP contribution in [-0.2, 0) is 13.6 Å². The summed E-state index contributed by atoms with van der Waals surface area (Å²) in [6.45, 7) is 7.73. The molecule has 0 bridgehead atoms. The summed E-state index contributed by atoms with van der Waals surface area (Å²) in [5.41, 5.74) is 2.71. The Balaban J connectivity index is 1.28. The molecule has 158 valence electrons. The summed E-state index contributed by atoms with van der Waals surface area (Å²) in [6.07, 6.45) is 4.95. The molecule has 6 nitrogen and oxygen atoms in total. The molecule has 1 aromatic heterocycles. The van der Waals surface area contributed by atoms with Gasteiger partial charge in [0.1, 0.15) is 11.6 Å². The highest BCUT2D eigenvalue weighted by molar-refractivity contribution is 5.47. The number of aromatic nitrogens is 3. The molecule has 3 heterocycles. The minimum atomic E-state index is 0.548. The molecule has 0 radical (unpaired) electrons. The summed E-state index contributed by atoms with van der Waals surface area (Å²) >= 11 is 0. The van der Waals surface area contributed by atoms with E-state index in [1.54, 1.807) is 0 Å². The van der Waals surface area contributed by atoms with Gasteiger partial charge in [-0.25, -0.2) is 0 Å². The number of anilines is 1. The molecule has 2 aliphatic rings. The Kier molecular flexibility index (Phi) is 6.20. The fourth-order valence-corrected chi connectivity index (χ4v) is 4.92. The largest absolute Gasteiger partial charge is 0.371 e. The number of nitrogens with zero attached hydrogens (tertiary/aromatic N) is 6. The molecule has 29 heavy (non-hydrogen) atoms. The molecule has 1 aromatic carbocycles. The normalized spacial score (nSPS) is 20.0. The quantitative estimate of drug-likeness (QED) is 0.777. The van der Waals surface area contributed by atoms with Crippen molar-refractivity contribution in [3.8, 4) is 0 Å². The predicted octanol–water partition coefficient (Wildman–Crippen LogP) is 3.03. The van der Waals surface area contributed by atoms with Crippen molar-refractivity contribution in [2.45, 2.75) is 51.1 Å². The number of likely N-dealkylation sites (tertiary alicyclic amines) is 1. The highest BCUT2D eigenvalue weighted by Gasteiger charge is 2.30. The average Bonchev–Trinajstić information content (AvgIpc) is 3.08. The van der Waals surface area contributed by atoms with E-state index in [4.69, 9.17) is 0 Å². The van der Waals surface area contributed by atoms with Gasteiger partial charge in [-0.2, -0.15) is 0 Å². The van der Waals surface area contributed by atoms with E-state index in [9.17, 15) is 0 Å². The van der Waals surface area contributed by atoms with Crippen LogP contribution >= 0.6 is 0 Å². The van der Waals surface area contributed by atoms with Gasteiger partial charge in [-0.05, 0) is 71.9 Å². The Morgan fingerprint density at radius 3 is 2.21 bits per heavy atom. The maximum Gasteiger partial charge on any atom is 0.146 e. The first-order valence-electron chi connectivity index (χ1n) is 11.1. The Labute approximate surface area is 175 Å². The Hall–Kier alpha value is -1.92. The van der Waals surface area contributed by atoms with Crippen LogP contribution in [0.25, 0.3) is 0 Å². The van der Waals surface area contributed by atoms with Gasteiger partial charge >= 0.3 is 0 Å². The van der Waals surface area contributed by atoms with Crippen LogP contribution in [0.4, 0.5) is 5.69 Å². The van der Waals surface area contributed by atoms with Gasteiger partial charge in [0.05, 0.1) is 6.54 Å². The van der Waals surface area contributed by atoms with E-state index in [0.29, 0.717) is 5.92 Å². The molecule has 0 saturated carbocycles. The molecule has 0 amide bonds. The van der Waals surface area contributed by atoms with Crippen molar-refractivity contribution in [3.05, 3.63) is 41.5 Å². The zero-order valence-electron chi connectivity index (χ0n) is 18.5. The van der Waals surface area contributed by atoms with Crippen LogP contribution in [0.1, 0.15) is 48.8 Å². The van der Waals surface area contributed by atoms with E-state index in [0.717, 1.165) is 18.4 Å². The molecule has 0 atom stereocenters. The lowest BCUT2D eigenvalue weighted by atomic mass is 9.92.